The highest BCUT2D eigenvalue weighted by molar-refractivity contribution is 9.10. The Balaban J connectivity index is 2.66. The molecule has 0 spiro atoms. The summed E-state index contributed by atoms with van der Waals surface area (Å²) in [4.78, 5) is 0.313. The van der Waals surface area contributed by atoms with E-state index in [1.54, 1.807) is 0 Å². The van der Waals surface area contributed by atoms with Gasteiger partial charge in [0.05, 0.1) is 5.75 Å². The molecule has 0 fully saturated rings. The highest BCUT2D eigenvalue weighted by Crippen LogP contribution is 2.21. The van der Waals surface area contributed by atoms with Gasteiger partial charge in [-0.3, -0.25) is 0 Å². The molecule has 0 radical (unpaired) electrons. The number of nitrogens with one attached hydrogen (secondary N) is 1. The van der Waals surface area contributed by atoms with E-state index in [1.807, 2.05) is 18.2 Å². The first-order chi connectivity index (χ1) is 8.29. The average Bonchev–Trinajstić information content (AvgIpc) is 2.22. The number of anilines is 1. The summed E-state index contributed by atoms with van der Waals surface area (Å²) in [6, 6.07) is 5.55. The number of thiocarbonyl (C=S) groups is 1. The van der Waals surface area contributed by atoms with Crippen LogP contribution in [0.3, 0.4) is 0 Å². The molecular weight excluding hydrogens is 336 g/mol. The first-order valence-corrected chi connectivity index (χ1v) is 8.57. The van der Waals surface area contributed by atoms with Crippen LogP contribution in [0.4, 0.5) is 5.69 Å². The molecule has 1 rings (SSSR count). The van der Waals surface area contributed by atoms with Crippen LogP contribution in [0, 0.1) is 0 Å². The van der Waals surface area contributed by atoms with Crippen LogP contribution < -0.4 is 11.1 Å². The van der Waals surface area contributed by atoms with Gasteiger partial charge in [0.1, 0.15) is 14.8 Å². The fourth-order valence-electron chi connectivity index (χ4n) is 1.44. The summed E-state index contributed by atoms with van der Waals surface area (Å²) in [5.74, 6) is 0.163. The summed E-state index contributed by atoms with van der Waals surface area (Å²) in [7, 11) is -2.91. The van der Waals surface area contributed by atoms with Gasteiger partial charge in [0.25, 0.3) is 0 Å². The summed E-state index contributed by atoms with van der Waals surface area (Å²) in [6.07, 6.45) is 1.77. The Hall–Kier alpha value is -0.660. The van der Waals surface area contributed by atoms with Crippen molar-refractivity contribution in [2.24, 2.45) is 5.73 Å². The van der Waals surface area contributed by atoms with Crippen LogP contribution >= 0.6 is 28.1 Å². The third kappa shape index (κ3) is 5.32. The topological polar surface area (TPSA) is 72.2 Å². The second-order valence-electron chi connectivity index (χ2n) is 3.96. The van der Waals surface area contributed by atoms with Gasteiger partial charge >= 0.3 is 0 Å². The quantitative estimate of drug-likeness (QED) is 0.605. The number of hydrogen-bond donors (Lipinski definition) is 2. The van der Waals surface area contributed by atoms with Gasteiger partial charge in [-0.1, -0.05) is 28.1 Å². The molecule has 0 aliphatic heterocycles. The molecule has 1 aromatic carbocycles. The fourth-order valence-corrected chi connectivity index (χ4v) is 2.64. The SMILES string of the molecule is CS(=O)(=O)CCCNc1cc(Br)ccc1C(N)=S. The van der Waals surface area contributed by atoms with Crippen molar-refractivity contribution in [1.82, 2.24) is 0 Å². The van der Waals surface area contributed by atoms with Crippen LogP contribution in [-0.4, -0.2) is 32.0 Å². The largest absolute Gasteiger partial charge is 0.389 e. The lowest BCUT2D eigenvalue weighted by atomic mass is 10.2. The Morgan fingerprint density at radius 2 is 2.17 bits per heavy atom. The van der Waals surface area contributed by atoms with Crippen LogP contribution in [0.1, 0.15) is 12.0 Å². The van der Waals surface area contributed by atoms with Gasteiger partial charge in [-0.2, -0.15) is 0 Å². The van der Waals surface area contributed by atoms with Crippen molar-refractivity contribution in [3.63, 3.8) is 0 Å². The second-order valence-corrected chi connectivity index (χ2v) is 7.58. The zero-order valence-corrected chi connectivity index (χ0v) is 13.2. The smallest absolute Gasteiger partial charge is 0.147 e. The zero-order valence-electron chi connectivity index (χ0n) is 9.94. The maximum Gasteiger partial charge on any atom is 0.147 e. The number of rotatable bonds is 6. The van der Waals surface area contributed by atoms with E-state index in [0.717, 1.165) is 15.7 Å². The first-order valence-electron chi connectivity index (χ1n) is 5.30. The Morgan fingerprint density at radius 1 is 1.50 bits per heavy atom. The third-order valence-corrected chi connectivity index (χ3v) is 4.00. The van der Waals surface area contributed by atoms with Crippen molar-refractivity contribution in [2.45, 2.75) is 6.42 Å². The predicted octanol–water partition coefficient (Wildman–Crippen LogP) is 1.93. The molecule has 0 heterocycles. The lowest BCUT2D eigenvalue weighted by Gasteiger charge is -2.11. The molecule has 0 atom stereocenters. The monoisotopic (exact) mass is 350 g/mol. The maximum atomic E-state index is 11.0. The fraction of sp³-hybridized carbons (Fsp3) is 0.364. The van der Waals surface area contributed by atoms with E-state index in [9.17, 15) is 8.42 Å². The zero-order chi connectivity index (χ0) is 13.8. The minimum Gasteiger partial charge on any atom is -0.389 e. The van der Waals surface area contributed by atoms with E-state index in [1.165, 1.54) is 6.26 Å². The van der Waals surface area contributed by atoms with E-state index < -0.39 is 9.84 Å². The molecule has 18 heavy (non-hydrogen) atoms. The average molecular weight is 351 g/mol. The van der Waals surface area contributed by atoms with Gasteiger partial charge < -0.3 is 11.1 Å². The molecule has 0 saturated heterocycles. The van der Waals surface area contributed by atoms with Crippen LogP contribution in [0.25, 0.3) is 0 Å². The Kier molecular flexibility index (Phi) is 5.55. The highest BCUT2D eigenvalue weighted by Gasteiger charge is 2.06. The van der Waals surface area contributed by atoms with E-state index >= 15 is 0 Å². The predicted molar refractivity (Wildman–Crippen MR) is 82.8 cm³/mol. The summed E-state index contributed by atoms with van der Waals surface area (Å²) in [6.45, 7) is 0.555. The molecule has 7 heteroatoms. The van der Waals surface area contributed by atoms with Gasteiger partial charge in [-0.05, 0) is 24.6 Å². The van der Waals surface area contributed by atoms with Crippen molar-refractivity contribution in [3.05, 3.63) is 28.2 Å². The molecule has 0 saturated carbocycles. The number of nitrogens with two attached hydrogens (primary N) is 1. The van der Waals surface area contributed by atoms with Crippen molar-refractivity contribution >= 4 is 48.7 Å². The summed E-state index contributed by atoms with van der Waals surface area (Å²) in [5, 5.41) is 3.15. The van der Waals surface area contributed by atoms with Crippen molar-refractivity contribution in [2.75, 3.05) is 23.9 Å². The molecule has 0 bridgehead atoms. The number of sulfone groups is 1. The summed E-state index contributed by atoms with van der Waals surface area (Å²) < 4.78 is 22.9. The number of benzene rings is 1. The molecule has 100 valence electrons. The molecule has 0 aliphatic carbocycles. The van der Waals surface area contributed by atoms with Gasteiger partial charge in [0.15, 0.2) is 0 Å². The maximum absolute atomic E-state index is 11.0. The van der Waals surface area contributed by atoms with Crippen LogP contribution in [0.2, 0.25) is 0 Å². The van der Waals surface area contributed by atoms with Crippen molar-refractivity contribution in [3.8, 4) is 0 Å². The van der Waals surface area contributed by atoms with Crippen molar-refractivity contribution in [1.29, 1.82) is 0 Å². The van der Waals surface area contributed by atoms with Gasteiger partial charge in [-0.15, -0.1) is 0 Å². The van der Waals surface area contributed by atoms with E-state index in [4.69, 9.17) is 18.0 Å². The molecule has 1 aromatic rings. The lowest BCUT2D eigenvalue weighted by molar-refractivity contribution is 0.600. The normalized spacial score (nSPS) is 11.2. The van der Waals surface area contributed by atoms with Crippen LogP contribution in [0.5, 0.6) is 0 Å². The molecule has 3 N–H and O–H groups in total. The second kappa shape index (κ2) is 6.49. The van der Waals surface area contributed by atoms with E-state index in [-0.39, 0.29) is 5.75 Å². The molecule has 0 aliphatic rings. The molecule has 0 amide bonds. The Labute approximate surface area is 121 Å². The van der Waals surface area contributed by atoms with Crippen LogP contribution in [0.15, 0.2) is 22.7 Å². The standard InChI is InChI=1S/C11H15BrN2O2S2/c1-18(15,16)6-2-5-14-10-7-8(12)3-4-9(10)11(13)17/h3-4,7,14H,2,5-6H2,1H3,(H2,13,17). The molecular formula is C11H15BrN2O2S2. The summed E-state index contributed by atoms with van der Waals surface area (Å²) in [5.41, 5.74) is 7.19. The highest BCUT2D eigenvalue weighted by atomic mass is 79.9. The minimum absolute atomic E-state index is 0.163. The Morgan fingerprint density at radius 3 is 2.72 bits per heavy atom. The van der Waals surface area contributed by atoms with Gasteiger partial charge in [-0.25, -0.2) is 8.42 Å². The summed E-state index contributed by atoms with van der Waals surface area (Å²) >= 11 is 8.32. The Bertz CT molecular complexity index is 544. The molecule has 4 nitrogen and oxygen atoms in total. The van der Waals surface area contributed by atoms with E-state index in [0.29, 0.717) is 18.0 Å². The number of hydrogen-bond acceptors (Lipinski definition) is 4. The molecule has 0 aromatic heterocycles. The minimum atomic E-state index is -2.91. The third-order valence-electron chi connectivity index (χ3n) is 2.25. The first kappa shape index (κ1) is 15.4. The van der Waals surface area contributed by atoms with Crippen molar-refractivity contribution < 1.29 is 8.42 Å². The van der Waals surface area contributed by atoms with E-state index in [2.05, 4.69) is 21.2 Å². The lowest BCUT2D eigenvalue weighted by Crippen LogP contribution is -2.15. The number of halogens is 1. The molecule has 0 unspecified atom stereocenters. The van der Waals surface area contributed by atoms with Crippen LogP contribution in [-0.2, 0) is 9.84 Å². The van der Waals surface area contributed by atoms with Gasteiger partial charge in [0, 0.05) is 28.5 Å². The van der Waals surface area contributed by atoms with Gasteiger partial charge in [0.2, 0.25) is 0 Å².